The van der Waals surface area contributed by atoms with Crippen molar-refractivity contribution in [3.05, 3.63) is 12.7 Å². The zero-order valence-corrected chi connectivity index (χ0v) is 9.74. The molecule has 0 aromatic carbocycles. The minimum atomic E-state index is -0.839. The van der Waals surface area contributed by atoms with Gasteiger partial charge in [0.05, 0.1) is 6.54 Å². The number of aliphatic carboxylic acids is 1. The largest absolute Gasteiger partial charge is 0.481 e. The standard InChI is InChI=1S/C10H16N4O3/c1-13(5-2-3-10(16)17)9(15)4-6-14-8-11-7-12-14/h7-8H,2-6H2,1H3,(H,16,17). The molecule has 0 bridgehead atoms. The maximum atomic E-state index is 11.6. The summed E-state index contributed by atoms with van der Waals surface area (Å²) in [7, 11) is 1.67. The van der Waals surface area contributed by atoms with E-state index in [-0.39, 0.29) is 12.3 Å². The summed E-state index contributed by atoms with van der Waals surface area (Å²) in [6.07, 6.45) is 3.87. The second-order valence-electron chi connectivity index (χ2n) is 3.72. The maximum Gasteiger partial charge on any atom is 0.303 e. The van der Waals surface area contributed by atoms with Gasteiger partial charge in [-0.2, -0.15) is 5.10 Å². The fourth-order valence-corrected chi connectivity index (χ4v) is 1.34. The van der Waals surface area contributed by atoms with E-state index in [0.29, 0.717) is 25.9 Å². The highest BCUT2D eigenvalue weighted by molar-refractivity contribution is 5.75. The molecule has 0 aliphatic heterocycles. The molecule has 7 heteroatoms. The van der Waals surface area contributed by atoms with E-state index >= 15 is 0 Å². The summed E-state index contributed by atoms with van der Waals surface area (Å²) < 4.78 is 1.59. The monoisotopic (exact) mass is 240 g/mol. The predicted molar refractivity (Wildman–Crippen MR) is 59.1 cm³/mol. The molecule has 0 fully saturated rings. The van der Waals surface area contributed by atoms with E-state index in [9.17, 15) is 9.59 Å². The molecule has 0 aliphatic carbocycles. The number of aromatic nitrogens is 3. The lowest BCUT2D eigenvalue weighted by Crippen LogP contribution is -2.28. The van der Waals surface area contributed by atoms with Crippen molar-refractivity contribution >= 4 is 11.9 Å². The lowest BCUT2D eigenvalue weighted by atomic mass is 10.3. The molecule has 0 unspecified atom stereocenters. The number of aryl methyl sites for hydroxylation is 1. The number of carbonyl (C=O) groups excluding carboxylic acids is 1. The lowest BCUT2D eigenvalue weighted by Gasteiger charge is -2.16. The molecule has 1 N–H and O–H groups in total. The number of carboxylic acids is 1. The van der Waals surface area contributed by atoms with Gasteiger partial charge >= 0.3 is 5.97 Å². The van der Waals surface area contributed by atoms with Crippen molar-refractivity contribution in [2.24, 2.45) is 0 Å². The van der Waals surface area contributed by atoms with E-state index in [1.165, 1.54) is 6.33 Å². The molecule has 17 heavy (non-hydrogen) atoms. The highest BCUT2D eigenvalue weighted by atomic mass is 16.4. The Balaban J connectivity index is 2.20. The zero-order chi connectivity index (χ0) is 12.7. The summed E-state index contributed by atoms with van der Waals surface area (Å²) in [6.45, 7) is 0.949. The first-order chi connectivity index (χ1) is 8.09. The Bertz CT molecular complexity index is 364. The minimum Gasteiger partial charge on any atom is -0.481 e. The number of amides is 1. The van der Waals surface area contributed by atoms with Gasteiger partial charge < -0.3 is 10.0 Å². The summed E-state index contributed by atoms with van der Waals surface area (Å²) in [5, 5.41) is 12.4. The molecule has 0 aliphatic rings. The molecule has 1 aromatic heterocycles. The quantitative estimate of drug-likeness (QED) is 0.724. The van der Waals surface area contributed by atoms with Gasteiger partial charge in [0.2, 0.25) is 5.91 Å². The first-order valence-electron chi connectivity index (χ1n) is 5.38. The molecular weight excluding hydrogens is 224 g/mol. The Labute approximate surface area is 99.1 Å². The highest BCUT2D eigenvalue weighted by Gasteiger charge is 2.09. The summed E-state index contributed by atoms with van der Waals surface area (Å²) in [6, 6.07) is 0. The molecule has 94 valence electrons. The topological polar surface area (TPSA) is 88.3 Å². The lowest BCUT2D eigenvalue weighted by molar-refractivity contribution is -0.138. The molecule has 0 saturated heterocycles. The van der Waals surface area contributed by atoms with Gasteiger partial charge in [0.15, 0.2) is 0 Å². The molecular formula is C10H16N4O3. The van der Waals surface area contributed by atoms with Crippen LogP contribution >= 0.6 is 0 Å². The maximum absolute atomic E-state index is 11.6. The van der Waals surface area contributed by atoms with Crippen molar-refractivity contribution in [2.45, 2.75) is 25.8 Å². The normalized spacial score (nSPS) is 10.2. The van der Waals surface area contributed by atoms with Gasteiger partial charge in [-0.1, -0.05) is 0 Å². The second kappa shape index (κ2) is 6.62. The van der Waals surface area contributed by atoms with Crippen LogP contribution in [0.15, 0.2) is 12.7 Å². The van der Waals surface area contributed by atoms with E-state index < -0.39 is 5.97 Å². The highest BCUT2D eigenvalue weighted by Crippen LogP contribution is 1.98. The van der Waals surface area contributed by atoms with Crippen molar-refractivity contribution in [1.82, 2.24) is 19.7 Å². The van der Waals surface area contributed by atoms with Crippen LogP contribution < -0.4 is 0 Å². The van der Waals surface area contributed by atoms with Gasteiger partial charge in [-0.05, 0) is 6.42 Å². The third kappa shape index (κ3) is 5.10. The number of carbonyl (C=O) groups is 2. The molecule has 0 atom stereocenters. The Morgan fingerprint density at radius 2 is 2.18 bits per heavy atom. The average Bonchev–Trinajstić information content (AvgIpc) is 2.78. The summed E-state index contributed by atoms with van der Waals surface area (Å²) in [5.41, 5.74) is 0. The van der Waals surface area contributed by atoms with Crippen LogP contribution in [0.4, 0.5) is 0 Å². The fraction of sp³-hybridized carbons (Fsp3) is 0.600. The summed E-state index contributed by atoms with van der Waals surface area (Å²) in [5.74, 6) is -0.862. The minimum absolute atomic E-state index is 0.0223. The number of hydrogen-bond acceptors (Lipinski definition) is 4. The van der Waals surface area contributed by atoms with E-state index in [1.807, 2.05) is 0 Å². The number of carboxylic acid groups (broad SMARTS) is 1. The SMILES string of the molecule is CN(CCCC(=O)O)C(=O)CCn1cncn1. The fourth-order valence-electron chi connectivity index (χ4n) is 1.34. The van der Waals surface area contributed by atoms with Crippen LogP contribution in [0.2, 0.25) is 0 Å². The Hall–Kier alpha value is -1.92. The summed E-state index contributed by atoms with van der Waals surface area (Å²) in [4.78, 5) is 27.3. The van der Waals surface area contributed by atoms with Crippen molar-refractivity contribution in [1.29, 1.82) is 0 Å². The van der Waals surface area contributed by atoms with Crippen LogP contribution in [0.3, 0.4) is 0 Å². The van der Waals surface area contributed by atoms with Crippen molar-refractivity contribution in [3.8, 4) is 0 Å². The van der Waals surface area contributed by atoms with E-state index in [2.05, 4.69) is 10.1 Å². The van der Waals surface area contributed by atoms with Crippen LogP contribution in [0.25, 0.3) is 0 Å². The number of hydrogen-bond donors (Lipinski definition) is 1. The second-order valence-corrected chi connectivity index (χ2v) is 3.72. The Morgan fingerprint density at radius 1 is 1.41 bits per heavy atom. The number of nitrogens with zero attached hydrogens (tertiary/aromatic N) is 4. The Kier molecular flexibility index (Phi) is 5.12. The third-order valence-corrected chi connectivity index (χ3v) is 2.33. The molecule has 0 radical (unpaired) electrons. The van der Waals surface area contributed by atoms with Crippen molar-refractivity contribution in [2.75, 3.05) is 13.6 Å². The van der Waals surface area contributed by atoms with Gasteiger partial charge in [0.1, 0.15) is 12.7 Å². The van der Waals surface area contributed by atoms with E-state index in [0.717, 1.165) is 0 Å². The Morgan fingerprint density at radius 3 is 2.76 bits per heavy atom. The van der Waals surface area contributed by atoms with Crippen molar-refractivity contribution in [3.63, 3.8) is 0 Å². The molecule has 0 saturated carbocycles. The molecule has 1 rings (SSSR count). The van der Waals surface area contributed by atoms with Crippen LogP contribution in [-0.2, 0) is 16.1 Å². The van der Waals surface area contributed by atoms with Gasteiger partial charge in [-0.15, -0.1) is 0 Å². The van der Waals surface area contributed by atoms with Crippen LogP contribution in [0.1, 0.15) is 19.3 Å². The first-order valence-corrected chi connectivity index (χ1v) is 5.38. The van der Waals surface area contributed by atoms with Gasteiger partial charge in [0, 0.05) is 26.4 Å². The molecule has 1 aromatic rings. The van der Waals surface area contributed by atoms with E-state index in [4.69, 9.17) is 5.11 Å². The van der Waals surface area contributed by atoms with Crippen molar-refractivity contribution < 1.29 is 14.7 Å². The average molecular weight is 240 g/mol. The van der Waals surface area contributed by atoms with Gasteiger partial charge in [0.25, 0.3) is 0 Å². The van der Waals surface area contributed by atoms with Crippen LogP contribution in [-0.4, -0.2) is 50.2 Å². The number of rotatable bonds is 7. The molecule has 7 nitrogen and oxygen atoms in total. The van der Waals surface area contributed by atoms with Gasteiger partial charge in [-0.25, -0.2) is 4.98 Å². The molecule has 1 amide bonds. The summed E-state index contributed by atoms with van der Waals surface area (Å²) >= 11 is 0. The third-order valence-electron chi connectivity index (χ3n) is 2.33. The molecule has 0 spiro atoms. The smallest absolute Gasteiger partial charge is 0.303 e. The molecule has 1 heterocycles. The van der Waals surface area contributed by atoms with E-state index in [1.54, 1.807) is 23.0 Å². The van der Waals surface area contributed by atoms with Crippen LogP contribution in [0, 0.1) is 0 Å². The van der Waals surface area contributed by atoms with Crippen LogP contribution in [0.5, 0.6) is 0 Å². The zero-order valence-electron chi connectivity index (χ0n) is 9.74. The predicted octanol–water partition coefficient (Wildman–Crippen LogP) is -0.00860. The first kappa shape index (κ1) is 13.1. The van der Waals surface area contributed by atoms with Gasteiger partial charge in [-0.3, -0.25) is 14.3 Å².